The number of hydrogen-bond acceptors (Lipinski definition) is 5. The minimum absolute atomic E-state index is 0.0395. The van der Waals surface area contributed by atoms with E-state index in [2.05, 4.69) is 125 Å². The van der Waals surface area contributed by atoms with Crippen molar-refractivity contribution < 1.29 is 9.47 Å². The number of ether oxygens (including phenoxy) is 2. The van der Waals surface area contributed by atoms with Crippen molar-refractivity contribution in [3.63, 3.8) is 0 Å². The molecule has 6 rings (SSSR count). The lowest BCUT2D eigenvalue weighted by Crippen LogP contribution is -2.46. The molecule has 0 aromatic heterocycles. The van der Waals surface area contributed by atoms with Crippen molar-refractivity contribution >= 4 is 29.1 Å². The number of nitrogens with one attached hydrogen (secondary N) is 2. The molecule has 0 amide bonds. The smallest absolute Gasteiger partial charge is 0.375 e. The first-order valence-corrected chi connectivity index (χ1v) is 14.3. The van der Waals surface area contributed by atoms with Gasteiger partial charge in [0.1, 0.15) is 0 Å². The second-order valence-electron chi connectivity index (χ2n) is 10.8. The van der Waals surface area contributed by atoms with Crippen LogP contribution in [0.25, 0.3) is 10.8 Å². The quantitative estimate of drug-likeness (QED) is 0.170. The van der Waals surface area contributed by atoms with Gasteiger partial charge in [0.15, 0.2) is 11.5 Å². The zero-order chi connectivity index (χ0) is 28.0. The highest BCUT2D eigenvalue weighted by Gasteiger charge is 2.33. The maximum Gasteiger partial charge on any atom is 0.375 e. The molecule has 1 heterocycles. The van der Waals surface area contributed by atoms with Gasteiger partial charge in [-0.2, -0.15) is 0 Å². The Balaban J connectivity index is 1.34. The molecule has 0 saturated heterocycles. The van der Waals surface area contributed by atoms with E-state index in [1.807, 2.05) is 6.07 Å². The largest absolute Gasteiger partial charge is 0.493 e. The lowest BCUT2D eigenvalue weighted by Gasteiger charge is -2.35. The summed E-state index contributed by atoms with van der Waals surface area (Å²) in [5, 5.41) is 10.2. The molecule has 0 fully saturated rings. The molecule has 206 valence electrons. The van der Waals surface area contributed by atoms with Gasteiger partial charge in [0.25, 0.3) is 0 Å². The molecule has 41 heavy (non-hydrogen) atoms. The molecule has 1 unspecified atom stereocenters. The van der Waals surface area contributed by atoms with E-state index in [0.717, 1.165) is 37.6 Å². The van der Waals surface area contributed by atoms with Gasteiger partial charge < -0.3 is 19.9 Å². The Kier molecular flexibility index (Phi) is 8.10. The molecule has 0 bridgehead atoms. The lowest BCUT2D eigenvalue weighted by atomic mass is 9.58. The number of nitrogens with zero attached hydrogens (tertiary/aromatic N) is 1. The first kappa shape index (κ1) is 26.8. The van der Waals surface area contributed by atoms with Crippen molar-refractivity contribution in [1.82, 2.24) is 4.90 Å². The molecule has 1 aliphatic rings. The Morgan fingerprint density at radius 3 is 1.78 bits per heavy atom. The third-order valence-electron chi connectivity index (χ3n) is 7.93. The highest BCUT2D eigenvalue weighted by Crippen LogP contribution is 2.37. The zero-order valence-electron chi connectivity index (χ0n) is 23.7. The number of rotatable bonds is 11. The molecule has 0 saturated carbocycles. The summed E-state index contributed by atoms with van der Waals surface area (Å²) in [4.78, 5) is 2.57. The predicted octanol–water partition coefficient (Wildman–Crippen LogP) is 7.50. The third kappa shape index (κ3) is 6.18. The Hall–Kier alpha value is -4.42. The summed E-state index contributed by atoms with van der Waals surface area (Å²) >= 11 is 0. The maximum atomic E-state index is 5.66. The lowest BCUT2D eigenvalue weighted by molar-refractivity contribution is 0.252. The van der Waals surface area contributed by atoms with E-state index in [9.17, 15) is 0 Å². The average molecular weight is 542 g/mol. The van der Waals surface area contributed by atoms with Crippen LogP contribution in [0.3, 0.4) is 0 Å². The van der Waals surface area contributed by atoms with E-state index in [4.69, 9.17) is 9.47 Å². The van der Waals surface area contributed by atoms with Crippen molar-refractivity contribution in [3.05, 3.63) is 132 Å². The topological polar surface area (TPSA) is 45.8 Å². The monoisotopic (exact) mass is 541 g/mol. The third-order valence-corrected chi connectivity index (χ3v) is 7.93. The van der Waals surface area contributed by atoms with Crippen LogP contribution in [0.1, 0.15) is 16.7 Å². The van der Waals surface area contributed by atoms with Gasteiger partial charge in [0.05, 0.1) is 14.2 Å². The number of hydrogen-bond donors (Lipinski definition) is 2. The fraction of sp³-hybridized carbons (Fsp3) is 0.200. The first-order chi connectivity index (χ1) is 20.2. The molecule has 6 heteroatoms. The fourth-order valence-corrected chi connectivity index (χ4v) is 5.99. The average Bonchev–Trinajstić information content (AvgIpc) is 3.02. The second kappa shape index (κ2) is 12.4. The van der Waals surface area contributed by atoms with Gasteiger partial charge in [-0.1, -0.05) is 91.0 Å². The predicted molar refractivity (Wildman–Crippen MR) is 171 cm³/mol. The minimum Gasteiger partial charge on any atom is -0.493 e. The van der Waals surface area contributed by atoms with Crippen molar-refractivity contribution in [2.24, 2.45) is 0 Å². The molecular formula is C35H36BN3O2. The summed E-state index contributed by atoms with van der Waals surface area (Å²) in [6, 6.07) is 40.8. The van der Waals surface area contributed by atoms with Crippen LogP contribution in [0.5, 0.6) is 11.5 Å². The molecule has 5 aromatic rings. The van der Waals surface area contributed by atoms with Gasteiger partial charge in [0, 0.05) is 29.9 Å². The summed E-state index contributed by atoms with van der Waals surface area (Å²) in [6.45, 7) is 2.67. The standard InChI is InChI=1S/C35H36BN3O2/c1-40-33-20-19-28(22-34(33)41-2)21-30(36-37-31-17-9-15-29-16-10-18-32(38-36)35(29)31)25-39(23-26-11-5-3-6-12-26)24-27-13-7-4-8-14-27/h3-20,22,30,37-38H,21,23-25H2,1-2H3. The van der Waals surface area contributed by atoms with Crippen LogP contribution in [-0.4, -0.2) is 32.6 Å². The summed E-state index contributed by atoms with van der Waals surface area (Å²) in [5.41, 5.74) is 6.20. The van der Waals surface area contributed by atoms with Gasteiger partial charge in [0.2, 0.25) is 0 Å². The van der Waals surface area contributed by atoms with E-state index in [0.29, 0.717) is 0 Å². The minimum atomic E-state index is 0.0395. The Bertz CT molecular complexity index is 1510. The number of methoxy groups -OCH3 is 2. The van der Waals surface area contributed by atoms with Crippen LogP contribution >= 0.6 is 0 Å². The summed E-state index contributed by atoms with van der Waals surface area (Å²) < 4.78 is 11.2. The van der Waals surface area contributed by atoms with Gasteiger partial charge >= 0.3 is 6.98 Å². The SMILES string of the molecule is COc1ccc(CC(CN(Cc2ccccc2)Cc2ccccc2)B2Nc3cccc4cccc(c34)N2)cc1OC. The van der Waals surface area contributed by atoms with Crippen LogP contribution in [0.4, 0.5) is 11.4 Å². The van der Waals surface area contributed by atoms with Crippen LogP contribution in [0.2, 0.25) is 5.82 Å². The summed E-state index contributed by atoms with van der Waals surface area (Å²) in [7, 11) is 3.38. The first-order valence-electron chi connectivity index (χ1n) is 14.3. The number of anilines is 2. The van der Waals surface area contributed by atoms with Crippen molar-refractivity contribution in [2.75, 3.05) is 31.2 Å². The van der Waals surface area contributed by atoms with E-state index < -0.39 is 0 Å². The summed E-state index contributed by atoms with van der Waals surface area (Å²) in [6.07, 6.45) is 0.864. The number of benzene rings is 5. The Morgan fingerprint density at radius 2 is 1.22 bits per heavy atom. The van der Waals surface area contributed by atoms with Crippen LogP contribution in [0, 0.1) is 0 Å². The van der Waals surface area contributed by atoms with Crippen LogP contribution in [0.15, 0.2) is 115 Å². The van der Waals surface area contributed by atoms with Crippen molar-refractivity contribution in [3.8, 4) is 11.5 Å². The van der Waals surface area contributed by atoms with E-state index in [1.165, 1.54) is 38.8 Å². The molecule has 5 aromatic carbocycles. The Labute approximate surface area is 243 Å². The summed E-state index contributed by atoms with van der Waals surface area (Å²) in [5.74, 6) is 1.75. The molecule has 1 atom stereocenters. The Morgan fingerprint density at radius 1 is 0.634 bits per heavy atom. The van der Waals surface area contributed by atoms with Crippen molar-refractivity contribution in [1.29, 1.82) is 0 Å². The second-order valence-corrected chi connectivity index (χ2v) is 10.8. The molecule has 1 aliphatic heterocycles. The van der Waals surface area contributed by atoms with Crippen LogP contribution < -0.4 is 19.9 Å². The van der Waals surface area contributed by atoms with Gasteiger partial charge in [-0.3, -0.25) is 4.90 Å². The van der Waals surface area contributed by atoms with Gasteiger partial charge in [-0.25, -0.2) is 0 Å². The molecule has 0 aliphatic carbocycles. The molecule has 2 N–H and O–H groups in total. The van der Waals surface area contributed by atoms with E-state index >= 15 is 0 Å². The fourth-order valence-electron chi connectivity index (χ4n) is 5.99. The highest BCUT2D eigenvalue weighted by molar-refractivity contribution is 6.69. The zero-order valence-corrected chi connectivity index (χ0v) is 23.7. The molecular weight excluding hydrogens is 505 g/mol. The van der Waals surface area contributed by atoms with E-state index in [1.54, 1.807) is 14.2 Å². The molecule has 0 spiro atoms. The maximum absolute atomic E-state index is 5.66. The van der Waals surface area contributed by atoms with Crippen molar-refractivity contribution in [2.45, 2.75) is 25.3 Å². The highest BCUT2D eigenvalue weighted by atomic mass is 16.5. The normalized spacial score (nSPS) is 13.0. The molecule has 0 radical (unpaired) electrons. The molecule has 5 nitrogen and oxygen atoms in total. The van der Waals surface area contributed by atoms with Crippen LogP contribution in [-0.2, 0) is 19.5 Å². The van der Waals surface area contributed by atoms with E-state index in [-0.39, 0.29) is 12.8 Å². The van der Waals surface area contributed by atoms with Gasteiger partial charge in [-0.15, -0.1) is 0 Å². The van der Waals surface area contributed by atoms with Gasteiger partial charge in [-0.05, 0) is 65.1 Å².